The van der Waals surface area contributed by atoms with Gasteiger partial charge in [-0.15, -0.1) is 0 Å². The van der Waals surface area contributed by atoms with Crippen molar-refractivity contribution in [1.29, 1.82) is 0 Å². The Bertz CT molecular complexity index is 1260. The first-order chi connectivity index (χ1) is 15.4. The average Bonchev–Trinajstić information content (AvgIpc) is 3.14. The summed E-state index contributed by atoms with van der Waals surface area (Å²) in [5.41, 5.74) is 2.24. The molecule has 0 spiro atoms. The van der Waals surface area contributed by atoms with Crippen LogP contribution in [0.4, 0.5) is 11.4 Å². The standard InChI is InChI=1S/C24H22N2O5S/c1-17-14-18-8-5-6-13-22(18)26(17)32(29,30)21-12-7-9-19(15-21)24(28)31-16-23(27)25-20-10-3-2-4-11-20/h2-13,15,17H,14,16H2,1H3,(H,25,27)/t17-/m0/s1. The third-order valence-electron chi connectivity index (χ3n) is 5.16. The highest BCUT2D eigenvalue weighted by atomic mass is 32.2. The van der Waals surface area contributed by atoms with Crippen molar-refractivity contribution in [2.45, 2.75) is 24.3 Å². The molecule has 1 aliphatic rings. The van der Waals surface area contributed by atoms with Gasteiger partial charge < -0.3 is 10.1 Å². The van der Waals surface area contributed by atoms with Gasteiger partial charge in [0.2, 0.25) is 0 Å². The fourth-order valence-electron chi connectivity index (χ4n) is 3.73. The SMILES string of the molecule is C[C@H]1Cc2ccccc2N1S(=O)(=O)c1cccc(C(=O)OCC(=O)Nc2ccccc2)c1. The van der Waals surface area contributed by atoms with Gasteiger partial charge in [-0.25, -0.2) is 13.2 Å². The minimum absolute atomic E-state index is 0.00996. The van der Waals surface area contributed by atoms with Crippen LogP contribution >= 0.6 is 0 Å². The number of anilines is 2. The second-order valence-corrected chi connectivity index (χ2v) is 9.32. The molecule has 3 aromatic rings. The average molecular weight is 451 g/mol. The highest BCUT2D eigenvalue weighted by Crippen LogP contribution is 2.36. The van der Waals surface area contributed by atoms with Crippen molar-refractivity contribution in [2.75, 3.05) is 16.2 Å². The molecular weight excluding hydrogens is 428 g/mol. The van der Waals surface area contributed by atoms with Gasteiger partial charge in [0.05, 0.1) is 16.1 Å². The van der Waals surface area contributed by atoms with E-state index in [-0.39, 0.29) is 16.5 Å². The van der Waals surface area contributed by atoms with Crippen LogP contribution in [0.25, 0.3) is 0 Å². The number of hydrogen-bond acceptors (Lipinski definition) is 5. The predicted molar refractivity (Wildman–Crippen MR) is 121 cm³/mol. The lowest BCUT2D eigenvalue weighted by Crippen LogP contribution is -2.35. The molecule has 7 nitrogen and oxygen atoms in total. The van der Waals surface area contributed by atoms with E-state index >= 15 is 0 Å². The van der Waals surface area contributed by atoms with Crippen LogP contribution in [0.1, 0.15) is 22.8 Å². The molecule has 1 amide bonds. The van der Waals surface area contributed by atoms with E-state index in [1.807, 2.05) is 25.1 Å². The molecule has 3 aromatic carbocycles. The summed E-state index contributed by atoms with van der Waals surface area (Å²) in [6.07, 6.45) is 0.619. The Morgan fingerprint density at radius 2 is 1.72 bits per heavy atom. The molecule has 1 N–H and O–H groups in total. The summed E-state index contributed by atoms with van der Waals surface area (Å²) in [5.74, 6) is -1.27. The molecule has 0 aromatic heterocycles. The Morgan fingerprint density at radius 3 is 2.50 bits per heavy atom. The van der Waals surface area contributed by atoms with Crippen molar-refractivity contribution < 1.29 is 22.7 Å². The summed E-state index contributed by atoms with van der Waals surface area (Å²) < 4.78 is 33.2. The number of carbonyl (C=O) groups is 2. The number of rotatable bonds is 6. The first-order valence-electron chi connectivity index (χ1n) is 10.1. The van der Waals surface area contributed by atoms with Crippen LogP contribution in [0.15, 0.2) is 83.8 Å². The topological polar surface area (TPSA) is 92.8 Å². The van der Waals surface area contributed by atoms with E-state index in [9.17, 15) is 18.0 Å². The Balaban J connectivity index is 1.48. The van der Waals surface area contributed by atoms with E-state index in [1.165, 1.54) is 28.6 Å². The molecule has 0 unspecified atom stereocenters. The van der Waals surface area contributed by atoms with Crippen LogP contribution < -0.4 is 9.62 Å². The number of nitrogens with zero attached hydrogens (tertiary/aromatic N) is 1. The van der Waals surface area contributed by atoms with Gasteiger partial charge in [-0.1, -0.05) is 42.5 Å². The molecule has 8 heteroatoms. The van der Waals surface area contributed by atoms with E-state index in [0.717, 1.165) is 5.56 Å². The Hall–Kier alpha value is -3.65. The Labute approximate surface area is 186 Å². The predicted octanol–water partition coefficient (Wildman–Crippen LogP) is 3.62. The lowest BCUT2D eigenvalue weighted by Gasteiger charge is -2.24. The van der Waals surface area contributed by atoms with E-state index in [4.69, 9.17) is 4.74 Å². The van der Waals surface area contributed by atoms with Crippen LogP contribution in [0.5, 0.6) is 0 Å². The number of benzene rings is 3. The maximum Gasteiger partial charge on any atom is 0.338 e. The normalized spacial score (nSPS) is 15.2. The fraction of sp³-hybridized carbons (Fsp3) is 0.167. The monoisotopic (exact) mass is 450 g/mol. The lowest BCUT2D eigenvalue weighted by atomic mass is 10.1. The van der Waals surface area contributed by atoms with Gasteiger partial charge in [0.1, 0.15) is 0 Å². The van der Waals surface area contributed by atoms with Crippen molar-refractivity contribution in [3.8, 4) is 0 Å². The van der Waals surface area contributed by atoms with Crippen molar-refractivity contribution in [2.24, 2.45) is 0 Å². The van der Waals surface area contributed by atoms with Gasteiger partial charge in [-0.05, 0) is 55.3 Å². The number of ether oxygens (including phenoxy) is 1. The first kappa shape index (κ1) is 21.6. The zero-order chi connectivity index (χ0) is 22.7. The summed E-state index contributed by atoms with van der Waals surface area (Å²) >= 11 is 0. The molecule has 0 saturated carbocycles. The summed E-state index contributed by atoms with van der Waals surface area (Å²) in [7, 11) is -3.88. The van der Waals surface area contributed by atoms with Crippen molar-refractivity contribution in [1.82, 2.24) is 0 Å². The van der Waals surface area contributed by atoms with E-state index in [1.54, 1.807) is 36.4 Å². The van der Waals surface area contributed by atoms with Crippen LogP contribution in [-0.4, -0.2) is 32.9 Å². The number of fused-ring (bicyclic) bond motifs is 1. The number of carbonyl (C=O) groups excluding carboxylic acids is 2. The van der Waals surface area contributed by atoms with Crippen molar-refractivity contribution in [3.63, 3.8) is 0 Å². The fourth-order valence-corrected chi connectivity index (χ4v) is 5.47. The van der Waals surface area contributed by atoms with Gasteiger partial charge in [0.25, 0.3) is 15.9 Å². The number of sulfonamides is 1. The number of amides is 1. The molecule has 1 atom stereocenters. The summed E-state index contributed by atoms with van der Waals surface area (Å²) in [6, 6.07) is 21.6. The molecule has 1 aliphatic heterocycles. The van der Waals surface area contributed by atoms with Crippen LogP contribution in [-0.2, 0) is 26.0 Å². The minimum Gasteiger partial charge on any atom is -0.452 e. The highest BCUT2D eigenvalue weighted by Gasteiger charge is 2.36. The minimum atomic E-state index is -3.88. The summed E-state index contributed by atoms with van der Waals surface area (Å²) in [6.45, 7) is 1.36. The number of para-hydroxylation sites is 2. The van der Waals surface area contributed by atoms with Gasteiger partial charge in [0.15, 0.2) is 6.61 Å². The van der Waals surface area contributed by atoms with E-state index < -0.39 is 28.5 Å². The molecule has 32 heavy (non-hydrogen) atoms. The Morgan fingerprint density at radius 1 is 1.00 bits per heavy atom. The van der Waals surface area contributed by atoms with Crippen LogP contribution in [0.2, 0.25) is 0 Å². The first-order valence-corrected chi connectivity index (χ1v) is 11.5. The number of nitrogens with one attached hydrogen (secondary N) is 1. The summed E-state index contributed by atoms with van der Waals surface area (Å²) in [4.78, 5) is 24.5. The molecule has 0 fully saturated rings. The molecule has 0 radical (unpaired) electrons. The zero-order valence-corrected chi connectivity index (χ0v) is 18.2. The van der Waals surface area contributed by atoms with Gasteiger partial charge in [0, 0.05) is 11.7 Å². The smallest absolute Gasteiger partial charge is 0.338 e. The van der Waals surface area contributed by atoms with Gasteiger partial charge in [-0.2, -0.15) is 0 Å². The molecule has 0 bridgehead atoms. The third kappa shape index (κ3) is 4.36. The number of esters is 1. The second kappa shape index (κ2) is 8.84. The molecule has 164 valence electrons. The van der Waals surface area contributed by atoms with Gasteiger partial charge >= 0.3 is 5.97 Å². The van der Waals surface area contributed by atoms with E-state index in [2.05, 4.69) is 5.32 Å². The van der Waals surface area contributed by atoms with E-state index in [0.29, 0.717) is 17.8 Å². The van der Waals surface area contributed by atoms with Crippen LogP contribution in [0, 0.1) is 0 Å². The van der Waals surface area contributed by atoms with Gasteiger partial charge in [-0.3, -0.25) is 9.10 Å². The molecule has 0 saturated heterocycles. The molecular formula is C24H22N2O5S. The maximum atomic E-state index is 13.4. The molecule has 0 aliphatic carbocycles. The molecule has 1 heterocycles. The van der Waals surface area contributed by atoms with Crippen molar-refractivity contribution in [3.05, 3.63) is 90.0 Å². The zero-order valence-electron chi connectivity index (χ0n) is 17.4. The maximum absolute atomic E-state index is 13.4. The highest BCUT2D eigenvalue weighted by molar-refractivity contribution is 7.92. The largest absolute Gasteiger partial charge is 0.452 e. The summed E-state index contributed by atoms with van der Waals surface area (Å²) in [5, 5.41) is 2.62. The Kier molecular flexibility index (Phi) is 5.96. The third-order valence-corrected chi connectivity index (χ3v) is 7.09. The molecule has 4 rings (SSSR count). The number of hydrogen-bond donors (Lipinski definition) is 1. The lowest BCUT2D eigenvalue weighted by molar-refractivity contribution is -0.119. The quantitative estimate of drug-likeness (QED) is 0.579. The van der Waals surface area contributed by atoms with Crippen LogP contribution in [0.3, 0.4) is 0 Å². The van der Waals surface area contributed by atoms with Crippen molar-refractivity contribution >= 4 is 33.3 Å². The second-order valence-electron chi connectivity index (χ2n) is 7.50.